The maximum atomic E-state index is 11.6. The van der Waals surface area contributed by atoms with E-state index in [0.29, 0.717) is 0 Å². The molecule has 0 aromatic heterocycles. The second-order valence-corrected chi connectivity index (χ2v) is 3.94. The summed E-state index contributed by atoms with van der Waals surface area (Å²) in [5.41, 5.74) is 2.88. The van der Waals surface area contributed by atoms with Crippen LogP contribution in [0.4, 0.5) is 5.69 Å². The number of aryl methyl sites for hydroxylation is 2. The molecule has 0 aliphatic carbocycles. The molecule has 1 aromatic carbocycles. The molecule has 0 bridgehead atoms. The van der Waals surface area contributed by atoms with Crippen LogP contribution in [0.3, 0.4) is 0 Å². The lowest BCUT2D eigenvalue weighted by molar-refractivity contribution is -0.141. The molecule has 1 rings (SSSR count). The molecule has 1 N–H and O–H groups in total. The predicted octanol–water partition coefficient (Wildman–Crippen LogP) is 2.20. The number of carbonyl (C=O) groups is 2. The quantitative estimate of drug-likeness (QED) is 0.814. The third-order valence-corrected chi connectivity index (χ3v) is 2.45. The van der Waals surface area contributed by atoms with Gasteiger partial charge >= 0.3 is 5.97 Å². The maximum Gasteiger partial charge on any atom is 0.306 e. The summed E-state index contributed by atoms with van der Waals surface area (Å²) in [7, 11) is 1.31. The Hall–Kier alpha value is -1.84. The zero-order valence-electron chi connectivity index (χ0n) is 10.4. The van der Waals surface area contributed by atoms with E-state index in [1.807, 2.05) is 32.0 Å². The number of amides is 1. The molecule has 0 heterocycles. The first-order valence-corrected chi connectivity index (χ1v) is 5.47. The molecule has 0 fully saturated rings. The Labute approximate surface area is 101 Å². The van der Waals surface area contributed by atoms with Crippen LogP contribution >= 0.6 is 0 Å². The summed E-state index contributed by atoms with van der Waals surface area (Å²) in [5, 5.41) is 2.78. The highest BCUT2D eigenvalue weighted by molar-refractivity contribution is 5.93. The van der Waals surface area contributed by atoms with Crippen molar-refractivity contribution in [3.63, 3.8) is 0 Å². The van der Waals surface area contributed by atoms with Crippen LogP contribution in [-0.4, -0.2) is 19.0 Å². The highest BCUT2D eigenvalue weighted by atomic mass is 16.5. The summed E-state index contributed by atoms with van der Waals surface area (Å²) in [4.78, 5) is 22.5. The van der Waals surface area contributed by atoms with Gasteiger partial charge in [-0.3, -0.25) is 9.59 Å². The second-order valence-electron chi connectivity index (χ2n) is 3.94. The van der Waals surface area contributed by atoms with E-state index in [-0.39, 0.29) is 24.7 Å². The van der Waals surface area contributed by atoms with E-state index in [1.165, 1.54) is 7.11 Å². The first-order chi connectivity index (χ1) is 8.02. The minimum Gasteiger partial charge on any atom is -0.469 e. The largest absolute Gasteiger partial charge is 0.469 e. The monoisotopic (exact) mass is 235 g/mol. The van der Waals surface area contributed by atoms with Gasteiger partial charge in [0.05, 0.1) is 13.5 Å². The molecule has 17 heavy (non-hydrogen) atoms. The molecule has 0 saturated heterocycles. The summed E-state index contributed by atoms with van der Waals surface area (Å²) >= 11 is 0. The summed E-state index contributed by atoms with van der Waals surface area (Å²) in [6.07, 6.45) is 0.243. The predicted molar refractivity (Wildman–Crippen MR) is 65.8 cm³/mol. The van der Waals surface area contributed by atoms with Gasteiger partial charge in [0.25, 0.3) is 0 Å². The van der Waals surface area contributed by atoms with Crippen molar-refractivity contribution in [2.24, 2.45) is 0 Å². The van der Waals surface area contributed by atoms with Crippen LogP contribution in [0.25, 0.3) is 0 Å². The van der Waals surface area contributed by atoms with Crippen LogP contribution in [0, 0.1) is 13.8 Å². The van der Waals surface area contributed by atoms with Crippen LogP contribution in [0.1, 0.15) is 24.0 Å². The summed E-state index contributed by atoms with van der Waals surface area (Å²) in [6.45, 7) is 3.89. The van der Waals surface area contributed by atoms with E-state index in [2.05, 4.69) is 10.1 Å². The van der Waals surface area contributed by atoms with Gasteiger partial charge in [-0.1, -0.05) is 12.1 Å². The Kier molecular flexibility index (Phi) is 4.69. The van der Waals surface area contributed by atoms with Gasteiger partial charge in [-0.2, -0.15) is 0 Å². The lowest BCUT2D eigenvalue weighted by Crippen LogP contribution is -2.14. The van der Waals surface area contributed by atoms with Crippen molar-refractivity contribution in [2.75, 3.05) is 12.4 Å². The highest BCUT2D eigenvalue weighted by Crippen LogP contribution is 2.16. The average Bonchev–Trinajstić information content (AvgIpc) is 2.30. The van der Waals surface area contributed by atoms with Gasteiger partial charge in [0.1, 0.15) is 0 Å². The molecule has 0 aliphatic rings. The van der Waals surface area contributed by atoms with Crippen molar-refractivity contribution < 1.29 is 14.3 Å². The molecular weight excluding hydrogens is 218 g/mol. The van der Waals surface area contributed by atoms with E-state index < -0.39 is 0 Å². The number of rotatable bonds is 4. The van der Waals surface area contributed by atoms with Crippen LogP contribution in [-0.2, 0) is 14.3 Å². The SMILES string of the molecule is COC(=O)CCC(=O)Nc1cc(C)ccc1C. The number of esters is 1. The van der Waals surface area contributed by atoms with Gasteiger partial charge in [-0.05, 0) is 31.0 Å². The molecule has 92 valence electrons. The number of ether oxygens (including phenoxy) is 1. The van der Waals surface area contributed by atoms with Crippen molar-refractivity contribution in [2.45, 2.75) is 26.7 Å². The third kappa shape index (κ3) is 4.26. The number of methoxy groups -OCH3 is 1. The van der Waals surface area contributed by atoms with Crippen molar-refractivity contribution in [1.29, 1.82) is 0 Å². The number of hydrogen-bond acceptors (Lipinski definition) is 3. The van der Waals surface area contributed by atoms with Gasteiger partial charge in [0, 0.05) is 12.1 Å². The highest BCUT2D eigenvalue weighted by Gasteiger charge is 2.08. The van der Waals surface area contributed by atoms with Crippen LogP contribution in [0.15, 0.2) is 18.2 Å². The number of anilines is 1. The fourth-order valence-corrected chi connectivity index (χ4v) is 1.40. The van der Waals surface area contributed by atoms with Crippen LogP contribution in [0.5, 0.6) is 0 Å². The molecule has 4 heteroatoms. The summed E-state index contributed by atoms with van der Waals surface area (Å²) in [6, 6.07) is 5.84. The Bertz CT molecular complexity index is 427. The van der Waals surface area contributed by atoms with Crippen molar-refractivity contribution in [1.82, 2.24) is 0 Å². The molecule has 0 unspecified atom stereocenters. The van der Waals surface area contributed by atoms with Gasteiger partial charge in [-0.25, -0.2) is 0 Å². The number of benzene rings is 1. The molecule has 0 spiro atoms. The topological polar surface area (TPSA) is 55.4 Å². The molecule has 1 aromatic rings. The van der Waals surface area contributed by atoms with Gasteiger partial charge < -0.3 is 10.1 Å². The van der Waals surface area contributed by atoms with E-state index in [1.54, 1.807) is 0 Å². The molecular formula is C13H17NO3. The van der Waals surface area contributed by atoms with E-state index in [0.717, 1.165) is 16.8 Å². The van der Waals surface area contributed by atoms with Crippen LogP contribution in [0.2, 0.25) is 0 Å². The minimum absolute atomic E-state index is 0.104. The fraction of sp³-hybridized carbons (Fsp3) is 0.385. The van der Waals surface area contributed by atoms with Crippen molar-refractivity contribution in [3.05, 3.63) is 29.3 Å². The average molecular weight is 235 g/mol. The molecule has 0 saturated carbocycles. The Morgan fingerprint density at radius 1 is 1.24 bits per heavy atom. The van der Waals surface area contributed by atoms with Crippen molar-refractivity contribution in [3.8, 4) is 0 Å². The third-order valence-electron chi connectivity index (χ3n) is 2.45. The zero-order valence-corrected chi connectivity index (χ0v) is 10.4. The Morgan fingerprint density at radius 2 is 1.94 bits per heavy atom. The Balaban J connectivity index is 2.56. The van der Waals surface area contributed by atoms with E-state index in [9.17, 15) is 9.59 Å². The lowest BCUT2D eigenvalue weighted by Gasteiger charge is -2.08. The summed E-state index contributed by atoms with van der Waals surface area (Å²) in [5.74, 6) is -0.551. The Morgan fingerprint density at radius 3 is 2.59 bits per heavy atom. The van der Waals surface area contributed by atoms with Crippen molar-refractivity contribution >= 4 is 17.6 Å². The minimum atomic E-state index is -0.374. The standard InChI is InChI=1S/C13H17NO3/c1-9-4-5-10(2)11(8-9)14-12(15)6-7-13(16)17-3/h4-5,8H,6-7H2,1-3H3,(H,14,15). The van der Waals surface area contributed by atoms with Gasteiger partial charge in [-0.15, -0.1) is 0 Å². The van der Waals surface area contributed by atoms with Crippen LogP contribution < -0.4 is 5.32 Å². The second kappa shape index (κ2) is 6.03. The van der Waals surface area contributed by atoms with Gasteiger partial charge in [0.15, 0.2) is 0 Å². The van der Waals surface area contributed by atoms with E-state index in [4.69, 9.17) is 0 Å². The first kappa shape index (κ1) is 13.2. The first-order valence-electron chi connectivity index (χ1n) is 5.47. The molecule has 0 radical (unpaired) electrons. The smallest absolute Gasteiger partial charge is 0.306 e. The fourth-order valence-electron chi connectivity index (χ4n) is 1.40. The van der Waals surface area contributed by atoms with Gasteiger partial charge in [0.2, 0.25) is 5.91 Å². The molecule has 4 nitrogen and oxygen atoms in total. The summed E-state index contributed by atoms with van der Waals surface area (Å²) < 4.78 is 4.47. The maximum absolute atomic E-state index is 11.6. The number of carbonyl (C=O) groups excluding carboxylic acids is 2. The normalized spacial score (nSPS) is 9.82. The number of hydrogen-bond donors (Lipinski definition) is 1. The molecule has 0 atom stereocenters. The molecule has 0 aliphatic heterocycles. The zero-order chi connectivity index (χ0) is 12.8. The number of nitrogens with one attached hydrogen (secondary N) is 1. The van der Waals surface area contributed by atoms with E-state index >= 15 is 0 Å². The lowest BCUT2D eigenvalue weighted by atomic mass is 10.1. The molecule has 1 amide bonds.